The average Bonchev–Trinajstić information content (AvgIpc) is 3.23. The molecule has 1 saturated heterocycles. The van der Waals surface area contributed by atoms with E-state index in [2.05, 4.69) is 20.8 Å². The molecule has 6 nitrogen and oxygen atoms in total. The number of carbonyl (C=O) groups is 1. The number of aryl methyl sites for hydroxylation is 1. The SMILES string of the molecule is O=C(CCc1nc(-c2ccc(Cl)cc2)no1)NCC1CCCN1. The lowest BCUT2D eigenvalue weighted by Crippen LogP contribution is -2.37. The van der Waals surface area contributed by atoms with Gasteiger partial charge in [-0.05, 0) is 43.7 Å². The molecule has 1 aromatic carbocycles. The van der Waals surface area contributed by atoms with Crippen LogP contribution in [-0.4, -0.2) is 35.2 Å². The van der Waals surface area contributed by atoms with Crippen LogP contribution >= 0.6 is 11.6 Å². The number of aromatic nitrogens is 2. The Morgan fingerprint density at radius 3 is 2.96 bits per heavy atom. The number of halogens is 1. The van der Waals surface area contributed by atoms with E-state index in [1.54, 1.807) is 12.1 Å². The number of carbonyl (C=O) groups excluding carboxylic acids is 1. The summed E-state index contributed by atoms with van der Waals surface area (Å²) >= 11 is 5.85. The molecular weight excluding hydrogens is 316 g/mol. The van der Waals surface area contributed by atoms with E-state index in [9.17, 15) is 4.79 Å². The van der Waals surface area contributed by atoms with Gasteiger partial charge in [0.25, 0.3) is 0 Å². The molecule has 1 aromatic heterocycles. The number of amides is 1. The minimum atomic E-state index is 0.00458. The van der Waals surface area contributed by atoms with E-state index in [0.717, 1.165) is 18.5 Å². The van der Waals surface area contributed by atoms with E-state index in [-0.39, 0.29) is 5.91 Å². The Labute approximate surface area is 139 Å². The Balaban J connectivity index is 1.47. The summed E-state index contributed by atoms with van der Waals surface area (Å²) in [6.45, 7) is 1.72. The lowest BCUT2D eigenvalue weighted by Gasteiger charge is -2.10. The molecule has 0 spiro atoms. The van der Waals surface area contributed by atoms with Gasteiger partial charge in [0.05, 0.1) is 0 Å². The molecule has 1 atom stereocenters. The third-order valence-corrected chi connectivity index (χ3v) is 4.10. The van der Waals surface area contributed by atoms with Crippen LogP contribution < -0.4 is 10.6 Å². The van der Waals surface area contributed by atoms with Gasteiger partial charge in [0, 0.05) is 36.0 Å². The average molecular weight is 335 g/mol. The van der Waals surface area contributed by atoms with Crippen molar-refractivity contribution in [1.29, 1.82) is 0 Å². The van der Waals surface area contributed by atoms with Crippen molar-refractivity contribution < 1.29 is 9.32 Å². The molecule has 0 saturated carbocycles. The first-order valence-electron chi connectivity index (χ1n) is 7.79. The van der Waals surface area contributed by atoms with Crippen molar-refractivity contribution in [3.63, 3.8) is 0 Å². The molecule has 2 aromatic rings. The summed E-state index contributed by atoms with van der Waals surface area (Å²) < 4.78 is 5.19. The Morgan fingerprint density at radius 2 is 2.22 bits per heavy atom. The highest BCUT2D eigenvalue weighted by Gasteiger charge is 2.15. The fourth-order valence-corrected chi connectivity index (χ4v) is 2.68. The summed E-state index contributed by atoms with van der Waals surface area (Å²) in [5.74, 6) is 0.973. The Hall–Kier alpha value is -1.92. The zero-order valence-electron chi connectivity index (χ0n) is 12.7. The van der Waals surface area contributed by atoms with E-state index in [0.29, 0.717) is 42.2 Å². The summed E-state index contributed by atoms with van der Waals surface area (Å²) in [6, 6.07) is 7.62. The number of hydrogen-bond donors (Lipinski definition) is 2. The van der Waals surface area contributed by atoms with Gasteiger partial charge in [0.2, 0.25) is 17.6 Å². The van der Waals surface area contributed by atoms with Gasteiger partial charge < -0.3 is 15.2 Å². The first-order chi connectivity index (χ1) is 11.2. The zero-order valence-corrected chi connectivity index (χ0v) is 13.5. The minimum absolute atomic E-state index is 0.00458. The smallest absolute Gasteiger partial charge is 0.227 e. The fraction of sp³-hybridized carbons (Fsp3) is 0.438. The zero-order chi connectivity index (χ0) is 16.1. The largest absolute Gasteiger partial charge is 0.355 e. The van der Waals surface area contributed by atoms with Crippen LogP contribution in [0.25, 0.3) is 11.4 Å². The third-order valence-electron chi connectivity index (χ3n) is 3.84. The molecule has 1 fully saturated rings. The van der Waals surface area contributed by atoms with E-state index in [1.165, 1.54) is 6.42 Å². The number of nitrogens with zero attached hydrogens (tertiary/aromatic N) is 2. The number of rotatable bonds is 6. The summed E-state index contributed by atoms with van der Waals surface area (Å²) in [7, 11) is 0. The van der Waals surface area contributed by atoms with Crippen LogP contribution in [0.15, 0.2) is 28.8 Å². The second-order valence-corrected chi connectivity index (χ2v) is 6.05. The summed E-state index contributed by atoms with van der Waals surface area (Å²) in [5, 5.41) is 10.9. The van der Waals surface area contributed by atoms with Gasteiger partial charge in [-0.1, -0.05) is 16.8 Å². The molecule has 122 valence electrons. The van der Waals surface area contributed by atoms with Crippen LogP contribution in [0.3, 0.4) is 0 Å². The third kappa shape index (κ3) is 4.53. The van der Waals surface area contributed by atoms with Crippen molar-refractivity contribution in [1.82, 2.24) is 20.8 Å². The fourth-order valence-electron chi connectivity index (χ4n) is 2.55. The van der Waals surface area contributed by atoms with Gasteiger partial charge in [-0.3, -0.25) is 4.79 Å². The molecule has 1 unspecified atom stereocenters. The second kappa shape index (κ2) is 7.57. The standard InChI is InChI=1S/C16H19ClN4O2/c17-12-5-3-11(4-6-12)16-20-15(23-21-16)8-7-14(22)19-10-13-2-1-9-18-13/h3-6,13,18H,1-2,7-10H2,(H,19,22). The predicted octanol–water partition coefficient (Wildman–Crippen LogP) is 2.19. The van der Waals surface area contributed by atoms with Crippen LogP contribution in [0.2, 0.25) is 5.02 Å². The molecule has 2 N–H and O–H groups in total. The summed E-state index contributed by atoms with van der Waals surface area (Å²) in [4.78, 5) is 16.2. The van der Waals surface area contributed by atoms with E-state index < -0.39 is 0 Å². The molecule has 23 heavy (non-hydrogen) atoms. The number of benzene rings is 1. The van der Waals surface area contributed by atoms with Crippen molar-refractivity contribution in [2.45, 2.75) is 31.7 Å². The highest BCUT2D eigenvalue weighted by Crippen LogP contribution is 2.18. The highest BCUT2D eigenvalue weighted by atomic mass is 35.5. The van der Waals surface area contributed by atoms with Gasteiger partial charge >= 0.3 is 0 Å². The molecule has 1 aliphatic heterocycles. The molecule has 0 bridgehead atoms. The molecule has 0 radical (unpaired) electrons. The quantitative estimate of drug-likeness (QED) is 0.846. The molecule has 1 aliphatic rings. The molecule has 7 heteroatoms. The van der Waals surface area contributed by atoms with Gasteiger partial charge in [-0.25, -0.2) is 0 Å². The lowest BCUT2D eigenvalue weighted by molar-refractivity contribution is -0.121. The maximum Gasteiger partial charge on any atom is 0.227 e. The van der Waals surface area contributed by atoms with Crippen molar-refractivity contribution >= 4 is 17.5 Å². The van der Waals surface area contributed by atoms with Gasteiger partial charge in [-0.15, -0.1) is 0 Å². The number of hydrogen-bond acceptors (Lipinski definition) is 5. The predicted molar refractivity (Wildman–Crippen MR) is 87.1 cm³/mol. The second-order valence-electron chi connectivity index (χ2n) is 5.62. The van der Waals surface area contributed by atoms with E-state index in [1.807, 2.05) is 12.1 Å². The van der Waals surface area contributed by atoms with Crippen LogP contribution in [0.1, 0.15) is 25.2 Å². The van der Waals surface area contributed by atoms with E-state index >= 15 is 0 Å². The van der Waals surface area contributed by atoms with Gasteiger partial charge in [0.1, 0.15) is 0 Å². The van der Waals surface area contributed by atoms with Crippen molar-refractivity contribution in [3.8, 4) is 11.4 Å². The Morgan fingerprint density at radius 1 is 1.39 bits per heavy atom. The summed E-state index contributed by atoms with van der Waals surface area (Å²) in [5.41, 5.74) is 0.834. The Bertz CT molecular complexity index is 650. The maximum absolute atomic E-state index is 11.8. The molecule has 0 aliphatic carbocycles. The van der Waals surface area contributed by atoms with Crippen LogP contribution in [0.5, 0.6) is 0 Å². The van der Waals surface area contributed by atoms with Crippen LogP contribution in [0.4, 0.5) is 0 Å². The maximum atomic E-state index is 11.8. The van der Waals surface area contributed by atoms with Crippen molar-refractivity contribution in [3.05, 3.63) is 35.2 Å². The highest BCUT2D eigenvalue weighted by molar-refractivity contribution is 6.30. The van der Waals surface area contributed by atoms with Gasteiger partial charge in [0.15, 0.2) is 0 Å². The normalized spacial score (nSPS) is 17.3. The van der Waals surface area contributed by atoms with Crippen molar-refractivity contribution in [2.75, 3.05) is 13.1 Å². The van der Waals surface area contributed by atoms with Crippen LogP contribution in [0, 0.1) is 0 Å². The van der Waals surface area contributed by atoms with E-state index in [4.69, 9.17) is 16.1 Å². The summed E-state index contributed by atoms with van der Waals surface area (Å²) in [6.07, 6.45) is 3.07. The first kappa shape index (κ1) is 16.0. The molecule has 1 amide bonds. The molecule has 3 rings (SSSR count). The topological polar surface area (TPSA) is 80.0 Å². The van der Waals surface area contributed by atoms with Crippen LogP contribution in [-0.2, 0) is 11.2 Å². The monoisotopic (exact) mass is 334 g/mol. The minimum Gasteiger partial charge on any atom is -0.355 e. The Kier molecular flexibility index (Phi) is 5.25. The lowest BCUT2D eigenvalue weighted by atomic mass is 10.2. The molecular formula is C16H19ClN4O2. The number of nitrogens with one attached hydrogen (secondary N) is 2. The first-order valence-corrected chi connectivity index (χ1v) is 8.17. The van der Waals surface area contributed by atoms with Gasteiger partial charge in [-0.2, -0.15) is 4.98 Å². The van der Waals surface area contributed by atoms with Crippen molar-refractivity contribution in [2.24, 2.45) is 0 Å². The molecule has 2 heterocycles.